The third-order valence-corrected chi connectivity index (χ3v) is 5.46. The van der Waals surface area contributed by atoms with Crippen LogP contribution in [0.5, 0.6) is 11.5 Å². The van der Waals surface area contributed by atoms with Gasteiger partial charge in [-0.1, -0.05) is 13.8 Å². The number of ether oxygens (including phenoxy) is 1. The van der Waals surface area contributed by atoms with Crippen LogP contribution in [-0.2, 0) is 4.74 Å². The Morgan fingerprint density at radius 3 is 2.55 bits per heavy atom. The second-order valence-electron chi connectivity index (χ2n) is 7.79. The van der Waals surface area contributed by atoms with E-state index in [1.807, 2.05) is 26.0 Å². The maximum atomic E-state index is 12.1. The molecule has 0 radical (unpaired) electrons. The Morgan fingerprint density at radius 2 is 1.94 bits per heavy atom. The van der Waals surface area contributed by atoms with Crippen molar-refractivity contribution >= 4 is 23.9 Å². The van der Waals surface area contributed by atoms with Crippen molar-refractivity contribution in [3.63, 3.8) is 0 Å². The van der Waals surface area contributed by atoms with Gasteiger partial charge in [-0.25, -0.2) is 9.78 Å². The highest BCUT2D eigenvalue weighted by molar-refractivity contribution is 5.86. The van der Waals surface area contributed by atoms with Crippen LogP contribution in [-0.4, -0.2) is 58.9 Å². The molecule has 0 bridgehead atoms. The van der Waals surface area contributed by atoms with Crippen molar-refractivity contribution in [3.05, 3.63) is 41.6 Å². The Kier molecular flexibility index (Phi) is 5.55. The van der Waals surface area contributed by atoms with Gasteiger partial charge < -0.3 is 30.5 Å². The van der Waals surface area contributed by atoms with Crippen molar-refractivity contribution < 1.29 is 19.7 Å². The number of nitrogens with zero attached hydrogens (tertiary/aromatic N) is 5. The average Bonchev–Trinajstić information content (AvgIpc) is 3.19. The van der Waals surface area contributed by atoms with E-state index in [0.717, 1.165) is 23.9 Å². The van der Waals surface area contributed by atoms with Crippen LogP contribution >= 0.6 is 0 Å². The summed E-state index contributed by atoms with van der Waals surface area (Å²) < 4.78 is 5.38. The fourth-order valence-corrected chi connectivity index (χ4v) is 3.81. The van der Waals surface area contributed by atoms with Crippen molar-refractivity contribution in [2.75, 3.05) is 36.1 Å². The minimum Gasteiger partial charge on any atom is -0.508 e. The van der Waals surface area contributed by atoms with Crippen LogP contribution in [0.1, 0.15) is 37.1 Å². The maximum Gasteiger partial charge on any atom is 0.337 e. The molecule has 164 valence electrons. The van der Waals surface area contributed by atoms with Crippen LogP contribution in [0.3, 0.4) is 0 Å². The van der Waals surface area contributed by atoms with Crippen molar-refractivity contribution in [1.82, 2.24) is 9.99 Å². The summed E-state index contributed by atoms with van der Waals surface area (Å²) in [6.45, 7) is 6.73. The summed E-state index contributed by atoms with van der Waals surface area (Å²) in [6.07, 6.45) is 2.35. The van der Waals surface area contributed by atoms with Gasteiger partial charge in [0.2, 0.25) is 0 Å². The standard InChI is InChI=1S/C21H26N6O4/c1-13(2)15-9-16(18(29)10-17(15)28)20-26(12-24-27(20)21(22)30)14-3-4-19(23-11-14)25-5-7-31-8-6-25/h3-4,9-13,20,28-29H,5-8H2,1-2H3,(H2,22,30). The van der Waals surface area contributed by atoms with Crippen LogP contribution in [0.25, 0.3) is 0 Å². The highest BCUT2D eigenvalue weighted by Crippen LogP contribution is 2.41. The van der Waals surface area contributed by atoms with Crippen molar-refractivity contribution in [3.8, 4) is 11.5 Å². The zero-order valence-corrected chi connectivity index (χ0v) is 17.5. The van der Waals surface area contributed by atoms with Gasteiger partial charge in [-0.3, -0.25) is 0 Å². The highest BCUT2D eigenvalue weighted by atomic mass is 16.5. The number of rotatable bonds is 4. The Labute approximate surface area is 180 Å². The molecule has 31 heavy (non-hydrogen) atoms. The summed E-state index contributed by atoms with van der Waals surface area (Å²) in [5, 5.41) is 26.0. The number of aromatic hydroxyl groups is 2. The van der Waals surface area contributed by atoms with Gasteiger partial charge in [-0.2, -0.15) is 10.1 Å². The zero-order chi connectivity index (χ0) is 22.1. The number of carbonyl (C=O) groups excluding carboxylic acids is 1. The molecular weight excluding hydrogens is 400 g/mol. The Hall–Kier alpha value is -3.53. The largest absolute Gasteiger partial charge is 0.508 e. The third kappa shape index (κ3) is 3.93. The summed E-state index contributed by atoms with van der Waals surface area (Å²) in [5.74, 6) is 0.670. The van der Waals surface area contributed by atoms with Crippen LogP contribution in [0.15, 0.2) is 35.6 Å². The number of anilines is 2. The summed E-state index contributed by atoms with van der Waals surface area (Å²) in [6, 6.07) is 5.96. The lowest BCUT2D eigenvalue weighted by molar-refractivity contribution is 0.122. The zero-order valence-electron chi connectivity index (χ0n) is 17.5. The Morgan fingerprint density at radius 1 is 1.19 bits per heavy atom. The smallest absolute Gasteiger partial charge is 0.337 e. The van der Waals surface area contributed by atoms with E-state index in [1.54, 1.807) is 17.2 Å². The van der Waals surface area contributed by atoms with E-state index in [2.05, 4.69) is 15.0 Å². The van der Waals surface area contributed by atoms with Crippen LogP contribution < -0.4 is 15.5 Å². The molecule has 10 heteroatoms. The minimum atomic E-state index is -0.813. The molecule has 2 aliphatic heterocycles. The molecule has 2 aromatic rings. The first-order chi connectivity index (χ1) is 14.9. The summed E-state index contributed by atoms with van der Waals surface area (Å²) in [5.41, 5.74) is 7.26. The monoisotopic (exact) mass is 426 g/mol. The molecule has 3 heterocycles. The normalized spacial score (nSPS) is 18.8. The van der Waals surface area contributed by atoms with Gasteiger partial charge in [0.05, 0.1) is 25.1 Å². The van der Waals surface area contributed by atoms with E-state index in [0.29, 0.717) is 30.0 Å². The van der Waals surface area contributed by atoms with Gasteiger partial charge in [-0.15, -0.1) is 0 Å². The predicted octanol–water partition coefficient (Wildman–Crippen LogP) is 2.30. The Balaban J connectivity index is 1.70. The fourth-order valence-electron chi connectivity index (χ4n) is 3.81. The molecule has 10 nitrogen and oxygen atoms in total. The molecule has 1 saturated heterocycles. The molecule has 0 saturated carbocycles. The highest BCUT2D eigenvalue weighted by Gasteiger charge is 2.36. The number of urea groups is 1. The SMILES string of the molecule is CC(C)c1cc(C2N(C(N)=O)N=CN2c2ccc(N3CCOCC3)nc2)c(O)cc1O. The predicted molar refractivity (Wildman–Crippen MR) is 116 cm³/mol. The van der Waals surface area contributed by atoms with E-state index in [4.69, 9.17) is 10.5 Å². The number of phenolic OH excluding ortho intramolecular Hbond substituents is 2. The Bertz CT molecular complexity index is 988. The van der Waals surface area contributed by atoms with Crippen LogP contribution in [0.2, 0.25) is 0 Å². The number of nitrogens with two attached hydrogens (primary N) is 1. The first kappa shape index (κ1) is 20.7. The number of carbonyl (C=O) groups is 1. The van der Waals surface area contributed by atoms with Crippen molar-refractivity contribution in [1.29, 1.82) is 0 Å². The molecule has 1 atom stereocenters. The third-order valence-electron chi connectivity index (χ3n) is 5.46. The molecular formula is C21H26N6O4. The maximum absolute atomic E-state index is 12.1. The molecule has 1 fully saturated rings. The molecule has 1 unspecified atom stereocenters. The number of primary amides is 1. The summed E-state index contributed by atoms with van der Waals surface area (Å²) >= 11 is 0. The molecule has 4 rings (SSSR count). The van der Waals surface area contributed by atoms with Gasteiger partial charge in [0.15, 0.2) is 6.17 Å². The van der Waals surface area contributed by atoms with Gasteiger partial charge >= 0.3 is 6.03 Å². The lowest BCUT2D eigenvalue weighted by atomic mass is 9.97. The second kappa shape index (κ2) is 8.31. The van der Waals surface area contributed by atoms with Crippen LogP contribution in [0, 0.1) is 0 Å². The molecule has 1 aromatic carbocycles. The lowest BCUT2D eigenvalue weighted by Gasteiger charge is -2.31. The first-order valence-corrected chi connectivity index (χ1v) is 10.1. The number of aromatic nitrogens is 1. The first-order valence-electron chi connectivity index (χ1n) is 10.1. The topological polar surface area (TPSA) is 128 Å². The summed E-state index contributed by atoms with van der Waals surface area (Å²) in [7, 11) is 0. The fraction of sp³-hybridized carbons (Fsp3) is 0.381. The molecule has 0 spiro atoms. The number of hydrogen-bond donors (Lipinski definition) is 3. The molecule has 2 aliphatic rings. The number of hydrogen-bond acceptors (Lipinski definition) is 8. The van der Waals surface area contributed by atoms with E-state index >= 15 is 0 Å². The van der Waals surface area contributed by atoms with Crippen LogP contribution in [0.4, 0.5) is 16.3 Å². The number of morpholine rings is 1. The average molecular weight is 426 g/mol. The number of benzene rings is 1. The molecule has 1 aromatic heterocycles. The molecule has 4 N–H and O–H groups in total. The second-order valence-corrected chi connectivity index (χ2v) is 7.79. The number of amides is 2. The van der Waals surface area contributed by atoms with E-state index in [9.17, 15) is 15.0 Å². The minimum absolute atomic E-state index is 0.00613. The van der Waals surface area contributed by atoms with E-state index < -0.39 is 12.2 Å². The van der Waals surface area contributed by atoms with E-state index in [-0.39, 0.29) is 17.4 Å². The van der Waals surface area contributed by atoms with Gasteiger partial charge in [0.1, 0.15) is 23.7 Å². The van der Waals surface area contributed by atoms with Gasteiger partial charge in [0, 0.05) is 24.7 Å². The quantitative estimate of drug-likeness (QED) is 0.684. The number of phenols is 2. The van der Waals surface area contributed by atoms with Crippen molar-refractivity contribution in [2.45, 2.75) is 25.9 Å². The molecule has 2 amide bonds. The molecule has 0 aliphatic carbocycles. The summed E-state index contributed by atoms with van der Waals surface area (Å²) in [4.78, 5) is 20.5. The van der Waals surface area contributed by atoms with Crippen molar-refractivity contribution in [2.24, 2.45) is 10.8 Å². The lowest BCUT2D eigenvalue weighted by Crippen LogP contribution is -2.38. The van der Waals surface area contributed by atoms with Gasteiger partial charge in [-0.05, 0) is 29.7 Å². The number of pyridine rings is 1. The number of hydrazone groups is 1. The van der Waals surface area contributed by atoms with Gasteiger partial charge in [0.25, 0.3) is 0 Å². The van der Waals surface area contributed by atoms with E-state index in [1.165, 1.54) is 12.4 Å².